The molecule has 1 aliphatic heterocycles. The quantitative estimate of drug-likeness (QED) is 0.801. The molecule has 1 heterocycles. The van der Waals surface area contributed by atoms with Crippen molar-refractivity contribution in [2.45, 2.75) is 69.6 Å². The van der Waals surface area contributed by atoms with Crippen LogP contribution >= 0.6 is 0 Å². The molecule has 1 aliphatic carbocycles. The highest BCUT2D eigenvalue weighted by atomic mass is 16.5. The van der Waals surface area contributed by atoms with Crippen LogP contribution in [0.25, 0.3) is 0 Å². The predicted octanol–water partition coefficient (Wildman–Crippen LogP) is 2.23. The van der Waals surface area contributed by atoms with Crippen LogP contribution in [0.2, 0.25) is 0 Å². The Morgan fingerprint density at radius 3 is 2.62 bits per heavy atom. The van der Waals surface area contributed by atoms with Crippen LogP contribution in [0.1, 0.15) is 51.9 Å². The van der Waals surface area contributed by atoms with E-state index >= 15 is 0 Å². The van der Waals surface area contributed by atoms with Crippen molar-refractivity contribution in [1.82, 2.24) is 0 Å². The summed E-state index contributed by atoms with van der Waals surface area (Å²) in [4.78, 5) is 0. The number of nitrogens with two attached hydrogens (primary N) is 1. The molecule has 2 atom stereocenters. The smallest absolute Gasteiger partial charge is 0.0813 e. The summed E-state index contributed by atoms with van der Waals surface area (Å²) in [6.45, 7) is 3.57. The van der Waals surface area contributed by atoms with Crippen molar-refractivity contribution in [3.05, 3.63) is 0 Å². The fraction of sp³-hybridized carbons (Fsp3) is 1.00. The van der Waals surface area contributed by atoms with Crippen LogP contribution in [0.5, 0.6) is 0 Å². The van der Waals surface area contributed by atoms with E-state index in [9.17, 15) is 0 Å². The van der Waals surface area contributed by atoms with Gasteiger partial charge >= 0.3 is 0 Å². The monoisotopic (exact) mass is 227 g/mol. The van der Waals surface area contributed by atoms with Gasteiger partial charge in [0.1, 0.15) is 0 Å². The lowest BCUT2D eigenvalue weighted by Crippen LogP contribution is -2.46. The van der Waals surface area contributed by atoms with Crippen LogP contribution in [0.3, 0.4) is 0 Å². The Labute approximate surface area is 98.7 Å². The van der Waals surface area contributed by atoms with Gasteiger partial charge in [-0.1, -0.05) is 19.3 Å². The van der Waals surface area contributed by atoms with Crippen molar-refractivity contribution in [1.29, 1.82) is 0 Å². The van der Waals surface area contributed by atoms with Gasteiger partial charge in [-0.15, -0.1) is 0 Å². The van der Waals surface area contributed by atoms with E-state index in [1.807, 2.05) is 0 Å². The minimum atomic E-state index is -0.0531. The molecular weight excluding hydrogens is 202 g/mol. The molecule has 0 aromatic heterocycles. The van der Waals surface area contributed by atoms with Crippen LogP contribution in [-0.2, 0) is 9.47 Å². The van der Waals surface area contributed by atoms with Crippen molar-refractivity contribution in [3.63, 3.8) is 0 Å². The lowest BCUT2D eigenvalue weighted by molar-refractivity contribution is -0.0248. The second-order valence-electron chi connectivity index (χ2n) is 5.58. The summed E-state index contributed by atoms with van der Waals surface area (Å²) in [5.74, 6) is 0. The lowest BCUT2D eigenvalue weighted by atomic mass is 9.83. The summed E-state index contributed by atoms with van der Waals surface area (Å²) in [5.41, 5.74) is 6.25. The summed E-state index contributed by atoms with van der Waals surface area (Å²) >= 11 is 0. The fourth-order valence-electron chi connectivity index (χ4n) is 2.80. The summed E-state index contributed by atoms with van der Waals surface area (Å²) in [7, 11) is 0. The number of hydrogen-bond acceptors (Lipinski definition) is 3. The van der Waals surface area contributed by atoms with Gasteiger partial charge in [-0.2, -0.15) is 0 Å². The maximum atomic E-state index is 6.31. The van der Waals surface area contributed by atoms with Gasteiger partial charge in [-0.05, 0) is 32.6 Å². The highest BCUT2D eigenvalue weighted by Crippen LogP contribution is 2.26. The third-order valence-electron chi connectivity index (χ3n) is 3.86. The van der Waals surface area contributed by atoms with E-state index in [1.54, 1.807) is 0 Å². The minimum Gasteiger partial charge on any atom is -0.377 e. The first-order chi connectivity index (χ1) is 7.68. The van der Waals surface area contributed by atoms with Gasteiger partial charge in [0.15, 0.2) is 0 Å². The summed E-state index contributed by atoms with van der Waals surface area (Å²) in [6.07, 6.45) is 9.12. The summed E-state index contributed by atoms with van der Waals surface area (Å²) in [6, 6.07) is 0. The van der Waals surface area contributed by atoms with E-state index in [1.165, 1.54) is 25.7 Å². The summed E-state index contributed by atoms with van der Waals surface area (Å²) in [5, 5.41) is 0. The van der Waals surface area contributed by atoms with E-state index < -0.39 is 0 Å². The molecule has 2 aliphatic rings. The largest absolute Gasteiger partial charge is 0.377 e. The Hall–Kier alpha value is -0.120. The molecule has 0 spiro atoms. The maximum absolute atomic E-state index is 6.31. The molecule has 2 fully saturated rings. The molecule has 16 heavy (non-hydrogen) atoms. The molecule has 1 saturated heterocycles. The van der Waals surface area contributed by atoms with Crippen LogP contribution in [0.4, 0.5) is 0 Å². The molecule has 0 aromatic carbocycles. The third-order valence-corrected chi connectivity index (χ3v) is 3.86. The lowest BCUT2D eigenvalue weighted by Gasteiger charge is -2.33. The Balaban J connectivity index is 1.63. The number of hydrogen-bond donors (Lipinski definition) is 1. The van der Waals surface area contributed by atoms with Crippen molar-refractivity contribution in [2.24, 2.45) is 5.73 Å². The first-order valence-corrected chi connectivity index (χ1v) is 6.70. The molecular formula is C13H25NO2. The van der Waals surface area contributed by atoms with Crippen LogP contribution in [0, 0.1) is 0 Å². The molecule has 94 valence electrons. The highest BCUT2D eigenvalue weighted by Gasteiger charge is 2.28. The van der Waals surface area contributed by atoms with E-state index in [0.717, 1.165) is 25.9 Å². The second kappa shape index (κ2) is 5.48. The van der Waals surface area contributed by atoms with E-state index in [0.29, 0.717) is 18.8 Å². The second-order valence-corrected chi connectivity index (χ2v) is 5.58. The van der Waals surface area contributed by atoms with Gasteiger partial charge in [0, 0.05) is 5.54 Å². The van der Waals surface area contributed by atoms with Gasteiger partial charge < -0.3 is 15.2 Å². The zero-order chi connectivity index (χ0) is 11.4. The van der Waals surface area contributed by atoms with Gasteiger partial charge in [0.25, 0.3) is 0 Å². The minimum absolute atomic E-state index is 0.0531. The first-order valence-electron chi connectivity index (χ1n) is 6.70. The fourth-order valence-corrected chi connectivity index (χ4v) is 2.80. The van der Waals surface area contributed by atoms with Crippen molar-refractivity contribution < 1.29 is 9.47 Å². The van der Waals surface area contributed by atoms with Gasteiger partial charge in [0.05, 0.1) is 25.4 Å². The maximum Gasteiger partial charge on any atom is 0.0813 e. The topological polar surface area (TPSA) is 44.5 Å². The van der Waals surface area contributed by atoms with Crippen LogP contribution < -0.4 is 5.73 Å². The Morgan fingerprint density at radius 1 is 1.25 bits per heavy atom. The molecule has 0 amide bonds. The predicted molar refractivity (Wildman–Crippen MR) is 64.4 cm³/mol. The third kappa shape index (κ3) is 3.44. The Kier molecular flexibility index (Phi) is 4.22. The molecule has 1 saturated carbocycles. The van der Waals surface area contributed by atoms with E-state index in [4.69, 9.17) is 15.2 Å². The van der Waals surface area contributed by atoms with Crippen LogP contribution in [0.15, 0.2) is 0 Å². The average Bonchev–Trinajstić information content (AvgIpc) is 2.65. The Morgan fingerprint density at radius 2 is 2.00 bits per heavy atom. The zero-order valence-corrected chi connectivity index (χ0v) is 10.4. The highest BCUT2D eigenvalue weighted by molar-refractivity contribution is 4.87. The molecule has 2 rings (SSSR count). The van der Waals surface area contributed by atoms with Crippen molar-refractivity contribution >= 4 is 0 Å². The Bertz CT molecular complexity index is 214. The molecule has 2 N–H and O–H groups in total. The molecule has 0 aromatic rings. The molecule has 0 bridgehead atoms. The van der Waals surface area contributed by atoms with Crippen molar-refractivity contribution in [3.8, 4) is 0 Å². The number of ether oxygens (including phenoxy) is 2. The SMILES string of the molecule is CC1CCC(COCC2(N)CCCCC2)O1. The van der Waals surface area contributed by atoms with E-state index in [-0.39, 0.29) is 5.54 Å². The van der Waals surface area contributed by atoms with E-state index in [2.05, 4.69) is 6.92 Å². The van der Waals surface area contributed by atoms with Crippen LogP contribution in [-0.4, -0.2) is 31.0 Å². The normalized spacial score (nSPS) is 34.1. The molecule has 3 nitrogen and oxygen atoms in total. The molecule has 0 radical (unpaired) electrons. The summed E-state index contributed by atoms with van der Waals surface area (Å²) < 4.78 is 11.5. The van der Waals surface area contributed by atoms with Gasteiger partial charge in [-0.3, -0.25) is 0 Å². The van der Waals surface area contributed by atoms with Crippen molar-refractivity contribution in [2.75, 3.05) is 13.2 Å². The zero-order valence-electron chi connectivity index (χ0n) is 10.4. The standard InChI is InChI=1S/C13H25NO2/c1-11-5-6-12(16-11)9-15-10-13(14)7-3-2-4-8-13/h11-12H,2-10,14H2,1H3. The first kappa shape index (κ1) is 12.3. The number of rotatable bonds is 4. The molecule has 2 unspecified atom stereocenters. The van der Waals surface area contributed by atoms with Gasteiger partial charge in [-0.25, -0.2) is 0 Å². The molecule has 3 heteroatoms. The van der Waals surface area contributed by atoms with Gasteiger partial charge in [0.2, 0.25) is 0 Å². The average molecular weight is 227 g/mol.